The lowest BCUT2D eigenvalue weighted by Crippen LogP contribution is -2.13. The second-order valence-corrected chi connectivity index (χ2v) is 4.21. The van der Waals surface area contributed by atoms with Crippen LogP contribution in [0.15, 0.2) is 0 Å². The van der Waals surface area contributed by atoms with E-state index in [1.165, 1.54) is 28.4 Å². The molecule has 0 saturated heterocycles. The SMILES string of the molecule is CNC1CCc2sc(C)nc21. The van der Waals surface area contributed by atoms with Crippen LogP contribution >= 0.6 is 11.3 Å². The maximum absolute atomic E-state index is 4.50. The highest BCUT2D eigenvalue weighted by Crippen LogP contribution is 2.33. The van der Waals surface area contributed by atoms with E-state index in [4.69, 9.17) is 0 Å². The summed E-state index contributed by atoms with van der Waals surface area (Å²) in [4.78, 5) is 5.99. The molecule has 2 rings (SSSR count). The van der Waals surface area contributed by atoms with Gasteiger partial charge in [0, 0.05) is 4.88 Å². The van der Waals surface area contributed by atoms with Crippen LogP contribution in [0.4, 0.5) is 0 Å². The molecule has 3 heteroatoms. The van der Waals surface area contributed by atoms with Crippen molar-refractivity contribution in [2.75, 3.05) is 7.05 Å². The van der Waals surface area contributed by atoms with Crippen molar-refractivity contribution in [1.82, 2.24) is 10.3 Å². The lowest BCUT2D eigenvalue weighted by atomic mass is 10.2. The van der Waals surface area contributed by atoms with Gasteiger partial charge >= 0.3 is 0 Å². The quantitative estimate of drug-likeness (QED) is 0.690. The molecule has 11 heavy (non-hydrogen) atoms. The zero-order valence-corrected chi connectivity index (χ0v) is 7.66. The second-order valence-electron chi connectivity index (χ2n) is 2.92. The third-order valence-electron chi connectivity index (χ3n) is 2.17. The van der Waals surface area contributed by atoms with Crippen LogP contribution in [0.1, 0.15) is 28.0 Å². The fraction of sp³-hybridized carbons (Fsp3) is 0.625. The summed E-state index contributed by atoms with van der Waals surface area (Å²) in [6.07, 6.45) is 2.44. The van der Waals surface area contributed by atoms with Crippen LogP contribution in [0, 0.1) is 6.92 Å². The van der Waals surface area contributed by atoms with E-state index >= 15 is 0 Å². The van der Waals surface area contributed by atoms with Crippen molar-refractivity contribution in [1.29, 1.82) is 0 Å². The number of rotatable bonds is 1. The van der Waals surface area contributed by atoms with Crippen molar-refractivity contribution in [3.05, 3.63) is 15.6 Å². The molecule has 0 saturated carbocycles. The van der Waals surface area contributed by atoms with E-state index in [9.17, 15) is 0 Å². The fourth-order valence-electron chi connectivity index (χ4n) is 1.63. The summed E-state index contributed by atoms with van der Waals surface area (Å²) in [5.41, 5.74) is 1.30. The van der Waals surface area contributed by atoms with Gasteiger partial charge in [0.2, 0.25) is 0 Å². The zero-order chi connectivity index (χ0) is 7.84. The molecule has 0 radical (unpaired) electrons. The minimum absolute atomic E-state index is 0.523. The normalized spacial score (nSPS) is 22.2. The highest BCUT2D eigenvalue weighted by atomic mass is 32.1. The standard InChI is InChI=1S/C8H12N2S/c1-5-10-8-6(9-2)3-4-7(8)11-5/h6,9H,3-4H2,1-2H3. The summed E-state index contributed by atoms with van der Waals surface area (Å²) in [5.74, 6) is 0. The molecule has 1 aromatic heterocycles. The molecule has 0 aromatic carbocycles. The molecule has 0 fully saturated rings. The van der Waals surface area contributed by atoms with E-state index in [2.05, 4.69) is 17.2 Å². The fourth-order valence-corrected chi connectivity index (χ4v) is 2.64. The Labute approximate surface area is 70.7 Å². The monoisotopic (exact) mass is 168 g/mol. The Kier molecular flexibility index (Phi) is 1.69. The third-order valence-corrected chi connectivity index (χ3v) is 3.22. The van der Waals surface area contributed by atoms with Gasteiger partial charge in [-0.1, -0.05) is 0 Å². The lowest BCUT2D eigenvalue weighted by molar-refractivity contribution is 0.578. The van der Waals surface area contributed by atoms with Crippen LogP contribution in [0.2, 0.25) is 0 Å². The Morgan fingerprint density at radius 3 is 3.18 bits per heavy atom. The highest BCUT2D eigenvalue weighted by Gasteiger charge is 2.24. The average Bonchev–Trinajstić information content (AvgIpc) is 2.45. The van der Waals surface area contributed by atoms with Gasteiger partial charge in [-0.3, -0.25) is 0 Å². The van der Waals surface area contributed by atoms with Crippen molar-refractivity contribution in [2.24, 2.45) is 0 Å². The molecule has 1 aromatic rings. The summed E-state index contributed by atoms with van der Waals surface area (Å²) in [6.45, 7) is 2.08. The first-order chi connectivity index (χ1) is 5.31. The summed E-state index contributed by atoms with van der Waals surface area (Å²) >= 11 is 1.84. The van der Waals surface area contributed by atoms with Crippen molar-refractivity contribution < 1.29 is 0 Å². The predicted molar refractivity (Wildman–Crippen MR) is 47.0 cm³/mol. The number of thiazole rings is 1. The van der Waals surface area contributed by atoms with Gasteiger partial charge in [-0.15, -0.1) is 11.3 Å². The van der Waals surface area contributed by atoms with Gasteiger partial charge in [-0.05, 0) is 26.8 Å². The largest absolute Gasteiger partial charge is 0.312 e. The van der Waals surface area contributed by atoms with E-state index in [-0.39, 0.29) is 0 Å². The van der Waals surface area contributed by atoms with E-state index < -0.39 is 0 Å². The molecule has 1 heterocycles. The first kappa shape index (κ1) is 7.25. The van der Waals surface area contributed by atoms with Crippen LogP contribution in [0.25, 0.3) is 0 Å². The molecule has 1 N–H and O–H groups in total. The molecule has 1 aliphatic rings. The van der Waals surface area contributed by atoms with E-state index in [1.54, 1.807) is 0 Å². The Morgan fingerprint density at radius 1 is 1.64 bits per heavy atom. The summed E-state index contributed by atoms with van der Waals surface area (Å²) in [6, 6.07) is 0.523. The van der Waals surface area contributed by atoms with Crippen molar-refractivity contribution in [3.63, 3.8) is 0 Å². The Morgan fingerprint density at radius 2 is 2.45 bits per heavy atom. The number of aromatic nitrogens is 1. The summed E-state index contributed by atoms with van der Waals surface area (Å²) < 4.78 is 0. The van der Waals surface area contributed by atoms with Crippen LogP contribution in [-0.4, -0.2) is 12.0 Å². The number of nitrogens with one attached hydrogen (secondary N) is 1. The van der Waals surface area contributed by atoms with Gasteiger partial charge in [0.15, 0.2) is 0 Å². The molecule has 2 nitrogen and oxygen atoms in total. The molecule has 60 valence electrons. The van der Waals surface area contributed by atoms with E-state index in [0.717, 1.165) is 0 Å². The number of aryl methyl sites for hydroxylation is 2. The maximum atomic E-state index is 4.50. The van der Waals surface area contributed by atoms with Gasteiger partial charge in [0.05, 0.1) is 16.7 Å². The minimum Gasteiger partial charge on any atom is -0.312 e. The molecule has 0 bridgehead atoms. The number of nitrogens with zero attached hydrogens (tertiary/aromatic N) is 1. The van der Waals surface area contributed by atoms with Gasteiger partial charge < -0.3 is 5.32 Å². The van der Waals surface area contributed by atoms with E-state index in [0.29, 0.717) is 6.04 Å². The van der Waals surface area contributed by atoms with Crippen LogP contribution in [0.5, 0.6) is 0 Å². The van der Waals surface area contributed by atoms with Gasteiger partial charge in [0.1, 0.15) is 0 Å². The van der Waals surface area contributed by atoms with Gasteiger partial charge in [0.25, 0.3) is 0 Å². The molecule has 1 aliphatic carbocycles. The molecule has 0 aliphatic heterocycles. The Hall–Kier alpha value is -0.410. The number of hydrogen-bond acceptors (Lipinski definition) is 3. The number of hydrogen-bond donors (Lipinski definition) is 1. The van der Waals surface area contributed by atoms with Crippen molar-refractivity contribution in [2.45, 2.75) is 25.8 Å². The maximum Gasteiger partial charge on any atom is 0.0900 e. The van der Waals surface area contributed by atoms with E-state index in [1.807, 2.05) is 18.4 Å². The predicted octanol–water partition coefficient (Wildman–Crippen LogP) is 1.66. The molecule has 1 atom stereocenters. The molecular formula is C8H12N2S. The first-order valence-electron chi connectivity index (χ1n) is 3.94. The third kappa shape index (κ3) is 1.08. The van der Waals surface area contributed by atoms with Crippen molar-refractivity contribution >= 4 is 11.3 Å². The van der Waals surface area contributed by atoms with Crippen LogP contribution < -0.4 is 5.32 Å². The van der Waals surface area contributed by atoms with Gasteiger partial charge in [-0.2, -0.15) is 0 Å². The molecule has 0 spiro atoms. The topological polar surface area (TPSA) is 24.9 Å². The summed E-state index contributed by atoms with van der Waals surface area (Å²) in [7, 11) is 2.01. The van der Waals surface area contributed by atoms with Crippen LogP contribution in [0.3, 0.4) is 0 Å². The average molecular weight is 168 g/mol. The Bertz CT molecular complexity index is 267. The Balaban J connectivity index is 2.37. The molecular weight excluding hydrogens is 156 g/mol. The number of fused-ring (bicyclic) bond motifs is 1. The van der Waals surface area contributed by atoms with Gasteiger partial charge in [-0.25, -0.2) is 4.98 Å². The minimum atomic E-state index is 0.523. The molecule has 1 unspecified atom stereocenters. The lowest BCUT2D eigenvalue weighted by Gasteiger charge is -2.05. The summed E-state index contributed by atoms with van der Waals surface area (Å²) in [5, 5.41) is 4.48. The second kappa shape index (κ2) is 2.57. The smallest absolute Gasteiger partial charge is 0.0900 e. The molecule has 0 amide bonds. The van der Waals surface area contributed by atoms with Crippen molar-refractivity contribution in [3.8, 4) is 0 Å². The van der Waals surface area contributed by atoms with Crippen LogP contribution in [-0.2, 0) is 6.42 Å². The highest BCUT2D eigenvalue weighted by molar-refractivity contribution is 7.11. The first-order valence-corrected chi connectivity index (χ1v) is 4.76. The zero-order valence-electron chi connectivity index (χ0n) is 6.85.